The second-order valence-corrected chi connectivity index (χ2v) is 6.82. The Labute approximate surface area is 130 Å². The molecule has 0 atom stereocenters. The number of nitrogens with one attached hydrogen (secondary N) is 1. The molecule has 6 heteroatoms. The molecule has 0 unspecified atom stereocenters. The van der Waals surface area contributed by atoms with Crippen molar-refractivity contribution in [2.24, 2.45) is 0 Å². The number of anilines is 1. The van der Waals surface area contributed by atoms with Gasteiger partial charge >= 0.3 is 10.2 Å². The van der Waals surface area contributed by atoms with Crippen LogP contribution in [-0.4, -0.2) is 21.6 Å². The van der Waals surface area contributed by atoms with E-state index in [0.29, 0.717) is 24.6 Å². The van der Waals surface area contributed by atoms with Gasteiger partial charge in [0.1, 0.15) is 12.4 Å². The molecular weight excluding hydrogens is 300 g/mol. The van der Waals surface area contributed by atoms with Crippen LogP contribution in [0.25, 0.3) is 0 Å². The molecule has 0 saturated heterocycles. The second-order valence-electron chi connectivity index (χ2n) is 5.14. The first kappa shape index (κ1) is 14.9. The maximum atomic E-state index is 12.6. The molecule has 3 rings (SSSR count). The third-order valence-corrected chi connectivity index (χ3v) is 5.15. The SMILES string of the molecule is Cc1ccccc1CNS(=O)(=O)N1CCOc2ccccc21. The molecule has 2 aromatic carbocycles. The van der Waals surface area contributed by atoms with Gasteiger partial charge in [-0.3, -0.25) is 4.31 Å². The highest BCUT2D eigenvalue weighted by Gasteiger charge is 2.27. The summed E-state index contributed by atoms with van der Waals surface area (Å²) in [6, 6.07) is 14.9. The van der Waals surface area contributed by atoms with Gasteiger partial charge in [-0.15, -0.1) is 0 Å². The Morgan fingerprint density at radius 1 is 1.14 bits per heavy atom. The molecule has 1 heterocycles. The van der Waals surface area contributed by atoms with Crippen LogP contribution in [0.15, 0.2) is 48.5 Å². The van der Waals surface area contributed by atoms with Crippen LogP contribution in [0.1, 0.15) is 11.1 Å². The highest BCUT2D eigenvalue weighted by atomic mass is 32.2. The first-order valence-corrected chi connectivity index (χ1v) is 8.55. The molecule has 5 nitrogen and oxygen atoms in total. The molecule has 2 aromatic rings. The molecule has 0 aliphatic carbocycles. The molecule has 0 spiro atoms. The van der Waals surface area contributed by atoms with E-state index in [1.807, 2.05) is 37.3 Å². The normalized spacial score (nSPS) is 14.3. The van der Waals surface area contributed by atoms with E-state index >= 15 is 0 Å². The minimum absolute atomic E-state index is 0.272. The molecule has 0 bridgehead atoms. The Morgan fingerprint density at radius 3 is 2.68 bits per heavy atom. The van der Waals surface area contributed by atoms with Gasteiger partial charge in [0.05, 0.1) is 12.2 Å². The van der Waals surface area contributed by atoms with Crippen molar-refractivity contribution in [2.45, 2.75) is 13.5 Å². The number of nitrogens with zero attached hydrogens (tertiary/aromatic N) is 1. The van der Waals surface area contributed by atoms with Gasteiger partial charge in [-0.05, 0) is 30.2 Å². The van der Waals surface area contributed by atoms with E-state index in [1.165, 1.54) is 4.31 Å². The van der Waals surface area contributed by atoms with Gasteiger partial charge in [0.15, 0.2) is 0 Å². The fraction of sp³-hybridized carbons (Fsp3) is 0.250. The third kappa shape index (κ3) is 2.93. The average Bonchev–Trinajstić information content (AvgIpc) is 2.53. The molecule has 0 aromatic heterocycles. The molecular formula is C16H18N2O3S. The minimum Gasteiger partial charge on any atom is -0.489 e. The largest absolute Gasteiger partial charge is 0.489 e. The van der Waals surface area contributed by atoms with Gasteiger partial charge in [0.2, 0.25) is 0 Å². The van der Waals surface area contributed by atoms with Crippen LogP contribution in [0.5, 0.6) is 5.75 Å². The lowest BCUT2D eigenvalue weighted by atomic mass is 10.1. The van der Waals surface area contributed by atoms with Crippen LogP contribution in [0, 0.1) is 6.92 Å². The third-order valence-electron chi connectivity index (χ3n) is 3.68. The van der Waals surface area contributed by atoms with Gasteiger partial charge in [-0.1, -0.05) is 36.4 Å². The van der Waals surface area contributed by atoms with E-state index in [-0.39, 0.29) is 6.54 Å². The maximum absolute atomic E-state index is 12.6. The number of benzene rings is 2. The van der Waals surface area contributed by atoms with Crippen LogP contribution >= 0.6 is 0 Å². The van der Waals surface area contributed by atoms with Crippen LogP contribution in [0.3, 0.4) is 0 Å². The zero-order valence-electron chi connectivity index (χ0n) is 12.3. The summed E-state index contributed by atoms with van der Waals surface area (Å²) in [4.78, 5) is 0. The lowest BCUT2D eigenvalue weighted by Gasteiger charge is -2.30. The Balaban J connectivity index is 1.81. The quantitative estimate of drug-likeness (QED) is 0.940. The molecule has 116 valence electrons. The molecule has 1 aliphatic heterocycles. The number of aryl methyl sites for hydroxylation is 1. The van der Waals surface area contributed by atoms with Crippen molar-refractivity contribution in [1.29, 1.82) is 0 Å². The number of ether oxygens (including phenoxy) is 1. The summed E-state index contributed by atoms with van der Waals surface area (Å²) < 4.78 is 34.7. The van der Waals surface area contributed by atoms with E-state index in [9.17, 15) is 8.42 Å². The van der Waals surface area contributed by atoms with E-state index in [1.54, 1.807) is 18.2 Å². The number of fused-ring (bicyclic) bond motifs is 1. The van der Waals surface area contributed by atoms with Crippen LogP contribution in [0.4, 0.5) is 5.69 Å². The summed E-state index contributed by atoms with van der Waals surface area (Å²) in [5, 5.41) is 0. The maximum Gasteiger partial charge on any atom is 0.302 e. The zero-order valence-corrected chi connectivity index (χ0v) is 13.1. The number of para-hydroxylation sites is 2. The Hall–Kier alpha value is -2.05. The van der Waals surface area contributed by atoms with Crippen molar-refractivity contribution >= 4 is 15.9 Å². The lowest BCUT2D eigenvalue weighted by molar-refractivity contribution is 0.315. The van der Waals surface area contributed by atoms with Gasteiger partial charge < -0.3 is 4.74 Å². The monoisotopic (exact) mass is 318 g/mol. The van der Waals surface area contributed by atoms with Crippen molar-refractivity contribution in [3.63, 3.8) is 0 Å². The van der Waals surface area contributed by atoms with Crippen molar-refractivity contribution < 1.29 is 13.2 Å². The summed E-state index contributed by atoms with van der Waals surface area (Å²) in [7, 11) is -3.61. The molecule has 1 N–H and O–H groups in total. The average molecular weight is 318 g/mol. The number of hydrogen-bond donors (Lipinski definition) is 1. The molecule has 0 radical (unpaired) electrons. The summed E-state index contributed by atoms with van der Waals surface area (Å²) in [5.41, 5.74) is 2.60. The summed E-state index contributed by atoms with van der Waals surface area (Å²) >= 11 is 0. The highest BCUT2D eigenvalue weighted by Crippen LogP contribution is 2.32. The van der Waals surface area contributed by atoms with Crippen LogP contribution in [-0.2, 0) is 16.8 Å². The first-order chi connectivity index (χ1) is 10.6. The van der Waals surface area contributed by atoms with Crippen molar-refractivity contribution in [3.05, 3.63) is 59.7 Å². The van der Waals surface area contributed by atoms with Gasteiger partial charge in [0.25, 0.3) is 0 Å². The number of rotatable bonds is 4. The van der Waals surface area contributed by atoms with Gasteiger partial charge in [-0.25, -0.2) is 0 Å². The van der Waals surface area contributed by atoms with E-state index < -0.39 is 10.2 Å². The van der Waals surface area contributed by atoms with Gasteiger partial charge in [0, 0.05) is 6.54 Å². The molecule has 0 amide bonds. The van der Waals surface area contributed by atoms with E-state index in [2.05, 4.69) is 4.72 Å². The zero-order chi connectivity index (χ0) is 15.6. The van der Waals surface area contributed by atoms with Crippen molar-refractivity contribution in [3.8, 4) is 5.75 Å². The predicted octanol–water partition coefficient (Wildman–Crippen LogP) is 2.23. The first-order valence-electron chi connectivity index (χ1n) is 7.11. The van der Waals surface area contributed by atoms with E-state index in [4.69, 9.17) is 4.74 Å². The Morgan fingerprint density at radius 2 is 1.86 bits per heavy atom. The standard InChI is InChI=1S/C16H18N2O3S/c1-13-6-2-3-7-14(13)12-17-22(19,20)18-10-11-21-16-9-5-4-8-15(16)18/h2-9,17H,10-12H2,1H3. The molecule has 0 fully saturated rings. The van der Waals surface area contributed by atoms with E-state index in [0.717, 1.165) is 11.1 Å². The summed E-state index contributed by atoms with van der Waals surface area (Å²) in [5.74, 6) is 0.593. The predicted molar refractivity (Wildman–Crippen MR) is 86.2 cm³/mol. The summed E-state index contributed by atoms with van der Waals surface area (Å²) in [6.45, 7) is 2.89. The van der Waals surface area contributed by atoms with Crippen LogP contribution in [0.2, 0.25) is 0 Å². The van der Waals surface area contributed by atoms with Crippen molar-refractivity contribution in [2.75, 3.05) is 17.5 Å². The fourth-order valence-electron chi connectivity index (χ4n) is 2.45. The fourth-order valence-corrected chi connectivity index (χ4v) is 3.67. The minimum atomic E-state index is -3.61. The van der Waals surface area contributed by atoms with Gasteiger partial charge in [-0.2, -0.15) is 13.1 Å². The lowest BCUT2D eigenvalue weighted by Crippen LogP contribution is -2.44. The van der Waals surface area contributed by atoms with Crippen LogP contribution < -0.4 is 13.8 Å². The highest BCUT2D eigenvalue weighted by molar-refractivity contribution is 7.90. The molecule has 0 saturated carbocycles. The molecule has 1 aliphatic rings. The van der Waals surface area contributed by atoms with Crippen molar-refractivity contribution in [1.82, 2.24) is 4.72 Å². The second kappa shape index (κ2) is 5.98. The topological polar surface area (TPSA) is 58.6 Å². The smallest absolute Gasteiger partial charge is 0.302 e. The Bertz CT molecular complexity index is 774. The molecule has 22 heavy (non-hydrogen) atoms. The Kier molecular flexibility index (Phi) is 4.04. The number of hydrogen-bond acceptors (Lipinski definition) is 3. The summed E-state index contributed by atoms with van der Waals surface area (Å²) in [6.07, 6.45) is 0.